The topological polar surface area (TPSA) is 142 Å². The number of aromatic nitrogens is 2. The van der Waals surface area contributed by atoms with Crippen LogP contribution < -0.4 is 0 Å². The number of esters is 1. The predicted molar refractivity (Wildman–Crippen MR) is 106 cm³/mol. The summed E-state index contributed by atoms with van der Waals surface area (Å²) in [6.07, 6.45) is 1.69. The van der Waals surface area contributed by atoms with Gasteiger partial charge in [0.15, 0.2) is 11.6 Å². The van der Waals surface area contributed by atoms with Crippen molar-refractivity contribution < 1.29 is 19.6 Å². The van der Waals surface area contributed by atoms with Crippen molar-refractivity contribution in [1.82, 2.24) is 9.97 Å². The molecule has 2 N–H and O–H groups in total. The first-order chi connectivity index (χ1) is 13.9. The van der Waals surface area contributed by atoms with E-state index in [1.54, 1.807) is 30.5 Å². The van der Waals surface area contributed by atoms with Crippen LogP contribution in [0.1, 0.15) is 16.2 Å². The second kappa shape index (κ2) is 8.45. The van der Waals surface area contributed by atoms with Crippen LogP contribution >= 0.6 is 11.8 Å². The lowest BCUT2D eigenvalue weighted by Gasteiger charge is -2.06. The van der Waals surface area contributed by atoms with E-state index in [4.69, 9.17) is 4.74 Å². The minimum Gasteiger partial charge on any atom is -0.507 e. The Morgan fingerprint density at radius 2 is 2.14 bits per heavy atom. The zero-order chi connectivity index (χ0) is 21.0. The smallest absolute Gasteiger partial charge is 0.338 e. The van der Waals surface area contributed by atoms with E-state index >= 15 is 0 Å². The fraction of sp³-hybridized carbons (Fsp3) is 0.105. The van der Waals surface area contributed by atoms with Gasteiger partial charge in [-0.05, 0) is 30.5 Å². The standard InChI is InChI=1S/C19H14N4O5S/c1-29-17-7-6-11(8-15(17)23(26)27)19(25)28-10-16(24)12(9-20)18-21-13-4-2-3-5-14(13)22-18/h2-8,24H,10H2,1H3,(H,21,22)/b16-12-. The number of imidazole rings is 1. The van der Waals surface area contributed by atoms with E-state index in [1.807, 2.05) is 6.07 Å². The number of nitrogens with one attached hydrogen (secondary N) is 1. The van der Waals surface area contributed by atoms with Gasteiger partial charge in [-0.15, -0.1) is 11.8 Å². The number of benzene rings is 2. The van der Waals surface area contributed by atoms with Gasteiger partial charge in [0.1, 0.15) is 18.2 Å². The van der Waals surface area contributed by atoms with Crippen LogP contribution in [-0.2, 0) is 4.74 Å². The Balaban J connectivity index is 1.80. The van der Waals surface area contributed by atoms with Gasteiger partial charge in [0, 0.05) is 6.07 Å². The maximum atomic E-state index is 12.2. The quantitative estimate of drug-likeness (QED) is 0.156. The number of nitrogens with zero attached hydrogens (tertiary/aromatic N) is 3. The van der Waals surface area contributed by atoms with Crippen molar-refractivity contribution in [2.45, 2.75) is 4.90 Å². The van der Waals surface area contributed by atoms with Crippen molar-refractivity contribution in [3.8, 4) is 6.07 Å². The first-order valence-electron chi connectivity index (χ1n) is 8.21. The van der Waals surface area contributed by atoms with Gasteiger partial charge >= 0.3 is 5.97 Å². The van der Waals surface area contributed by atoms with Gasteiger partial charge < -0.3 is 14.8 Å². The van der Waals surface area contributed by atoms with E-state index in [0.29, 0.717) is 15.9 Å². The minimum atomic E-state index is -0.866. The van der Waals surface area contributed by atoms with E-state index in [9.17, 15) is 25.3 Å². The third kappa shape index (κ3) is 4.20. The van der Waals surface area contributed by atoms with Gasteiger partial charge in [-0.25, -0.2) is 9.78 Å². The van der Waals surface area contributed by atoms with Gasteiger partial charge in [0.25, 0.3) is 5.69 Å². The van der Waals surface area contributed by atoms with E-state index < -0.39 is 23.3 Å². The van der Waals surface area contributed by atoms with Crippen molar-refractivity contribution in [2.24, 2.45) is 0 Å². The highest BCUT2D eigenvalue weighted by atomic mass is 32.2. The van der Waals surface area contributed by atoms with Gasteiger partial charge in [0.2, 0.25) is 0 Å². The highest BCUT2D eigenvalue weighted by Crippen LogP contribution is 2.28. The molecule has 0 saturated carbocycles. The summed E-state index contributed by atoms with van der Waals surface area (Å²) in [6, 6.07) is 12.9. The molecule has 2 aromatic carbocycles. The van der Waals surface area contributed by atoms with Gasteiger partial charge in [-0.3, -0.25) is 10.1 Å². The van der Waals surface area contributed by atoms with Crippen molar-refractivity contribution in [2.75, 3.05) is 12.9 Å². The fourth-order valence-corrected chi connectivity index (χ4v) is 3.12. The Hall–Kier alpha value is -3.84. The maximum absolute atomic E-state index is 12.2. The third-order valence-corrected chi connectivity index (χ3v) is 4.76. The molecule has 0 aliphatic rings. The summed E-state index contributed by atoms with van der Waals surface area (Å²) in [4.78, 5) is 30.3. The second-order valence-electron chi connectivity index (χ2n) is 5.76. The van der Waals surface area contributed by atoms with Crippen LogP contribution in [0.4, 0.5) is 5.69 Å². The van der Waals surface area contributed by atoms with E-state index in [0.717, 1.165) is 6.07 Å². The molecular formula is C19H14N4O5S. The van der Waals surface area contributed by atoms with Crippen molar-refractivity contribution in [3.05, 3.63) is 69.7 Å². The summed E-state index contributed by atoms with van der Waals surface area (Å²) in [6.45, 7) is -0.586. The van der Waals surface area contributed by atoms with Gasteiger partial charge in [0.05, 0.1) is 26.4 Å². The molecule has 0 amide bonds. The number of hydrogen-bond acceptors (Lipinski definition) is 8. The van der Waals surface area contributed by atoms with Crippen LogP contribution in [0.15, 0.2) is 53.1 Å². The summed E-state index contributed by atoms with van der Waals surface area (Å²) in [7, 11) is 0. The molecule has 0 aliphatic heterocycles. The number of aliphatic hydroxyl groups is 1. The number of fused-ring (bicyclic) bond motifs is 1. The summed E-state index contributed by atoms with van der Waals surface area (Å²) < 4.78 is 5.01. The number of para-hydroxylation sites is 2. The molecular weight excluding hydrogens is 396 g/mol. The number of nitro benzene ring substituents is 1. The molecule has 3 aromatic rings. The van der Waals surface area contributed by atoms with E-state index in [1.165, 1.54) is 23.9 Å². The monoisotopic (exact) mass is 410 g/mol. The molecule has 0 radical (unpaired) electrons. The molecule has 0 atom stereocenters. The molecule has 0 aliphatic carbocycles. The number of aromatic amines is 1. The molecule has 0 unspecified atom stereocenters. The van der Waals surface area contributed by atoms with Gasteiger partial charge in [-0.1, -0.05) is 12.1 Å². The molecule has 0 bridgehead atoms. The van der Waals surface area contributed by atoms with Crippen molar-refractivity contribution in [1.29, 1.82) is 5.26 Å². The zero-order valence-corrected chi connectivity index (χ0v) is 15.9. The maximum Gasteiger partial charge on any atom is 0.338 e. The first-order valence-corrected chi connectivity index (χ1v) is 9.44. The number of hydrogen-bond donors (Lipinski definition) is 2. The molecule has 9 nitrogen and oxygen atoms in total. The largest absolute Gasteiger partial charge is 0.507 e. The lowest BCUT2D eigenvalue weighted by atomic mass is 10.2. The number of aliphatic hydroxyl groups excluding tert-OH is 1. The molecule has 0 spiro atoms. The molecule has 0 fully saturated rings. The summed E-state index contributed by atoms with van der Waals surface area (Å²) >= 11 is 1.18. The lowest BCUT2D eigenvalue weighted by molar-refractivity contribution is -0.387. The number of nitriles is 1. The number of carbonyl (C=O) groups is 1. The molecule has 1 heterocycles. The highest BCUT2D eigenvalue weighted by Gasteiger charge is 2.19. The number of rotatable bonds is 6. The van der Waals surface area contributed by atoms with Crippen LogP contribution in [0.25, 0.3) is 16.6 Å². The van der Waals surface area contributed by atoms with Crippen LogP contribution in [0.3, 0.4) is 0 Å². The minimum absolute atomic E-state index is 0.0375. The Morgan fingerprint density at radius 1 is 1.38 bits per heavy atom. The van der Waals surface area contributed by atoms with Crippen LogP contribution in [0, 0.1) is 21.4 Å². The summed E-state index contributed by atoms with van der Waals surface area (Å²) in [5, 5.41) is 30.7. The predicted octanol–water partition coefficient (Wildman–Crippen LogP) is 3.84. The number of thioether (sulfide) groups is 1. The number of allylic oxidation sites excluding steroid dienone is 1. The average Bonchev–Trinajstić information content (AvgIpc) is 3.15. The SMILES string of the molecule is CSc1ccc(C(=O)OC/C(O)=C(\C#N)c2nc3ccccc3[nH]2)cc1[N+](=O)[O-]. The fourth-order valence-electron chi connectivity index (χ4n) is 2.57. The Labute approximate surface area is 168 Å². The average molecular weight is 410 g/mol. The number of ether oxygens (including phenoxy) is 1. The molecule has 10 heteroatoms. The molecule has 1 aromatic heterocycles. The lowest BCUT2D eigenvalue weighted by Crippen LogP contribution is -2.10. The third-order valence-electron chi connectivity index (χ3n) is 3.98. The second-order valence-corrected chi connectivity index (χ2v) is 6.60. The van der Waals surface area contributed by atoms with Crippen molar-refractivity contribution >= 4 is 40.0 Å². The van der Waals surface area contributed by atoms with Gasteiger partial charge in [-0.2, -0.15) is 5.26 Å². The van der Waals surface area contributed by atoms with Crippen LogP contribution in [-0.4, -0.2) is 38.8 Å². The van der Waals surface area contributed by atoms with Crippen molar-refractivity contribution in [3.63, 3.8) is 0 Å². The number of nitro groups is 1. The van der Waals surface area contributed by atoms with E-state index in [-0.39, 0.29) is 22.6 Å². The number of carbonyl (C=O) groups excluding carboxylic acids is 1. The van der Waals surface area contributed by atoms with Crippen LogP contribution in [0.2, 0.25) is 0 Å². The Bertz CT molecular complexity index is 1150. The zero-order valence-electron chi connectivity index (χ0n) is 15.1. The molecule has 29 heavy (non-hydrogen) atoms. The summed E-state index contributed by atoms with van der Waals surface area (Å²) in [5.41, 5.74) is 0.872. The van der Waals surface area contributed by atoms with Crippen LogP contribution in [0.5, 0.6) is 0 Å². The highest BCUT2D eigenvalue weighted by molar-refractivity contribution is 7.98. The normalized spacial score (nSPS) is 11.6. The summed E-state index contributed by atoms with van der Waals surface area (Å²) in [5.74, 6) is -1.22. The number of H-pyrrole nitrogens is 1. The Kier molecular flexibility index (Phi) is 5.80. The molecule has 0 saturated heterocycles. The molecule has 146 valence electrons. The Morgan fingerprint density at radius 3 is 2.79 bits per heavy atom. The van der Waals surface area contributed by atoms with E-state index in [2.05, 4.69) is 9.97 Å². The first kappa shape index (κ1) is 19.9. The molecule has 3 rings (SSSR count).